The molecule has 2 aromatic carbocycles. The van der Waals surface area contributed by atoms with Gasteiger partial charge in [0.1, 0.15) is 17.5 Å². The molecule has 0 aliphatic rings. The molecule has 0 aliphatic heterocycles. The van der Waals surface area contributed by atoms with E-state index in [4.69, 9.17) is 23.0 Å². The van der Waals surface area contributed by atoms with Crippen molar-refractivity contribution in [3.05, 3.63) is 81.7 Å². The van der Waals surface area contributed by atoms with Crippen LogP contribution in [-0.2, 0) is 0 Å². The van der Waals surface area contributed by atoms with Crippen LogP contribution in [-0.4, -0.2) is 19.5 Å². The molecule has 4 aromatic rings. The number of nitrogen functional groups attached to an aromatic ring is 2. The van der Waals surface area contributed by atoms with Crippen molar-refractivity contribution in [3.8, 4) is 5.69 Å². The maximum Gasteiger partial charge on any atom is 0.268 e. The Morgan fingerprint density at radius 3 is 2.52 bits per heavy atom. The summed E-state index contributed by atoms with van der Waals surface area (Å²) in [5.41, 5.74) is 13.5. The molecule has 0 unspecified atom stereocenters. The van der Waals surface area contributed by atoms with E-state index in [9.17, 15) is 4.79 Å². The number of aryl methyl sites for hydroxylation is 1. The summed E-state index contributed by atoms with van der Waals surface area (Å²) in [6.07, 6.45) is 0. The van der Waals surface area contributed by atoms with E-state index in [0.29, 0.717) is 22.4 Å². The molecule has 31 heavy (non-hydrogen) atoms. The zero-order valence-electron chi connectivity index (χ0n) is 17.0. The Morgan fingerprint density at radius 2 is 1.81 bits per heavy atom. The predicted molar refractivity (Wildman–Crippen MR) is 121 cm³/mol. The van der Waals surface area contributed by atoms with Gasteiger partial charge in [0.05, 0.1) is 29.2 Å². The van der Waals surface area contributed by atoms with Crippen molar-refractivity contribution in [2.75, 3.05) is 16.8 Å². The lowest BCUT2D eigenvalue weighted by Gasteiger charge is -2.21. The highest BCUT2D eigenvalue weighted by Gasteiger charge is 2.21. The number of nitrogens with zero attached hydrogens (tertiary/aromatic N) is 5. The normalized spacial score (nSPS) is 11.8. The molecule has 5 N–H and O–H groups in total. The molecule has 4 rings (SSSR count). The largest absolute Gasteiger partial charge is 0.392 e. The Morgan fingerprint density at radius 1 is 1.06 bits per heavy atom. The Balaban J connectivity index is 1.94. The van der Waals surface area contributed by atoms with Crippen LogP contribution in [0.2, 0.25) is 0 Å². The predicted octanol–water partition coefficient (Wildman–Crippen LogP) is 3.37. The summed E-state index contributed by atoms with van der Waals surface area (Å²) in [5.74, 6) is 0.577. The van der Waals surface area contributed by atoms with Crippen LogP contribution in [0.1, 0.15) is 24.4 Å². The third kappa shape index (κ3) is 3.51. The second-order valence-electron chi connectivity index (χ2n) is 7.06. The standard InChI is InChI=1S/C22H20N8O/c1-12-8-7-11-15-16(12)21(31)30(14-9-5-4-6-10-14)20(27-15)13(2)26-19-17(25-3)18(23)28-22(24)29-19/h4-11,13H,1-2H3,(H5,23,24,26,28,29)/t13-/m0/s1. The van der Waals surface area contributed by atoms with E-state index >= 15 is 0 Å². The van der Waals surface area contributed by atoms with Crippen molar-refractivity contribution in [3.63, 3.8) is 0 Å². The van der Waals surface area contributed by atoms with Crippen LogP contribution in [0.4, 0.5) is 23.3 Å². The van der Waals surface area contributed by atoms with Gasteiger partial charge in [-0.1, -0.05) is 30.3 Å². The van der Waals surface area contributed by atoms with Crippen LogP contribution in [0.15, 0.2) is 53.3 Å². The van der Waals surface area contributed by atoms with Crippen LogP contribution in [0.3, 0.4) is 0 Å². The summed E-state index contributed by atoms with van der Waals surface area (Å²) in [5, 5.41) is 3.68. The van der Waals surface area contributed by atoms with Crippen LogP contribution in [0, 0.1) is 13.5 Å². The third-order valence-electron chi connectivity index (χ3n) is 4.93. The van der Waals surface area contributed by atoms with Gasteiger partial charge in [0.2, 0.25) is 5.95 Å². The minimum Gasteiger partial charge on any atom is -0.392 e. The molecule has 9 nitrogen and oxygen atoms in total. The monoisotopic (exact) mass is 412 g/mol. The van der Waals surface area contributed by atoms with Gasteiger partial charge in [-0.05, 0) is 37.6 Å². The van der Waals surface area contributed by atoms with Gasteiger partial charge in [0.25, 0.3) is 11.2 Å². The average molecular weight is 412 g/mol. The summed E-state index contributed by atoms with van der Waals surface area (Å²) in [6, 6.07) is 14.3. The molecule has 0 radical (unpaired) electrons. The van der Waals surface area contributed by atoms with Crippen molar-refractivity contribution in [1.29, 1.82) is 0 Å². The Labute approximate surface area is 178 Å². The second kappa shape index (κ2) is 7.76. The van der Waals surface area contributed by atoms with Gasteiger partial charge in [-0.3, -0.25) is 9.36 Å². The zero-order chi connectivity index (χ0) is 22.1. The first-order chi connectivity index (χ1) is 14.9. The maximum absolute atomic E-state index is 13.5. The molecule has 2 heterocycles. The molecule has 154 valence electrons. The van der Waals surface area contributed by atoms with Crippen molar-refractivity contribution >= 4 is 34.2 Å². The number of para-hydroxylation sites is 1. The fourth-order valence-electron chi connectivity index (χ4n) is 3.50. The lowest BCUT2D eigenvalue weighted by molar-refractivity contribution is 0.731. The summed E-state index contributed by atoms with van der Waals surface area (Å²) in [6.45, 7) is 11.1. The molecule has 2 aromatic heterocycles. The number of nitrogens with two attached hydrogens (primary N) is 2. The quantitative estimate of drug-likeness (QED) is 0.438. The van der Waals surface area contributed by atoms with Crippen LogP contribution < -0.4 is 22.3 Å². The van der Waals surface area contributed by atoms with Crippen molar-refractivity contribution in [1.82, 2.24) is 19.5 Å². The molecule has 1 atom stereocenters. The number of rotatable bonds is 4. The highest BCUT2D eigenvalue weighted by molar-refractivity contribution is 5.82. The van der Waals surface area contributed by atoms with Crippen molar-refractivity contribution in [2.24, 2.45) is 0 Å². The average Bonchev–Trinajstić information content (AvgIpc) is 2.74. The molecule has 0 bridgehead atoms. The highest BCUT2D eigenvalue weighted by atomic mass is 16.1. The molecule has 0 aliphatic carbocycles. The van der Waals surface area contributed by atoms with Crippen LogP contribution in [0.25, 0.3) is 21.4 Å². The van der Waals surface area contributed by atoms with Crippen molar-refractivity contribution in [2.45, 2.75) is 19.9 Å². The minimum absolute atomic E-state index is 0.0141. The number of hydrogen-bond acceptors (Lipinski definition) is 7. The first kappa shape index (κ1) is 19.8. The fourth-order valence-corrected chi connectivity index (χ4v) is 3.50. The summed E-state index contributed by atoms with van der Waals surface area (Å²) >= 11 is 0. The van der Waals surface area contributed by atoms with Gasteiger partial charge in [-0.25, -0.2) is 19.8 Å². The molecule has 0 saturated carbocycles. The maximum atomic E-state index is 13.5. The first-order valence-electron chi connectivity index (χ1n) is 9.55. The van der Waals surface area contributed by atoms with Gasteiger partial charge in [0, 0.05) is 0 Å². The highest BCUT2D eigenvalue weighted by Crippen LogP contribution is 2.32. The Hall–Kier alpha value is -4.45. The number of fused-ring (bicyclic) bond motifs is 1. The van der Waals surface area contributed by atoms with E-state index in [2.05, 4.69) is 20.1 Å². The third-order valence-corrected chi connectivity index (χ3v) is 4.93. The summed E-state index contributed by atoms with van der Waals surface area (Å²) < 4.78 is 1.57. The topological polar surface area (TPSA) is 129 Å². The SMILES string of the molecule is [C-]#[N+]c1c(N)nc(N)nc1N[C@@H](C)c1nc2cccc(C)c2c(=O)n1-c1ccccc1. The van der Waals surface area contributed by atoms with E-state index < -0.39 is 6.04 Å². The second-order valence-corrected chi connectivity index (χ2v) is 7.06. The van der Waals surface area contributed by atoms with Gasteiger partial charge < -0.3 is 16.8 Å². The number of nitrogens with one attached hydrogen (secondary N) is 1. The number of aromatic nitrogens is 4. The molecule has 0 saturated heterocycles. The van der Waals surface area contributed by atoms with E-state index in [-0.39, 0.29) is 28.8 Å². The smallest absolute Gasteiger partial charge is 0.268 e. The van der Waals surface area contributed by atoms with E-state index in [0.717, 1.165) is 5.56 Å². The number of benzene rings is 2. The fraction of sp³-hybridized carbons (Fsp3) is 0.136. The van der Waals surface area contributed by atoms with Gasteiger partial charge >= 0.3 is 0 Å². The van der Waals surface area contributed by atoms with E-state index in [1.165, 1.54) is 0 Å². The zero-order valence-corrected chi connectivity index (χ0v) is 17.0. The molecular weight excluding hydrogens is 392 g/mol. The Kier molecular flexibility index (Phi) is 4.97. The van der Waals surface area contributed by atoms with Gasteiger partial charge in [0.15, 0.2) is 0 Å². The first-order valence-corrected chi connectivity index (χ1v) is 9.55. The summed E-state index contributed by atoms with van der Waals surface area (Å²) in [7, 11) is 0. The van der Waals surface area contributed by atoms with Gasteiger partial charge in [-0.15, -0.1) is 0 Å². The van der Waals surface area contributed by atoms with Gasteiger partial charge in [-0.2, -0.15) is 0 Å². The lowest BCUT2D eigenvalue weighted by atomic mass is 10.1. The summed E-state index contributed by atoms with van der Waals surface area (Å²) in [4.78, 5) is 29.7. The number of hydrogen-bond donors (Lipinski definition) is 3. The molecule has 0 amide bonds. The van der Waals surface area contributed by atoms with Crippen LogP contribution in [0.5, 0.6) is 0 Å². The van der Waals surface area contributed by atoms with E-state index in [1.807, 2.05) is 56.3 Å². The van der Waals surface area contributed by atoms with E-state index in [1.54, 1.807) is 10.6 Å². The Bertz CT molecular complexity index is 1390. The molecule has 9 heteroatoms. The van der Waals surface area contributed by atoms with Crippen molar-refractivity contribution < 1.29 is 0 Å². The minimum atomic E-state index is -0.507. The molecular formula is C22H20N8O. The lowest BCUT2D eigenvalue weighted by Crippen LogP contribution is -2.28. The molecule has 0 fully saturated rings. The molecule has 0 spiro atoms. The van der Waals surface area contributed by atoms with Crippen LogP contribution >= 0.6 is 0 Å². The number of anilines is 3.